The third kappa shape index (κ3) is 5.45. The van der Waals surface area contributed by atoms with E-state index in [0.29, 0.717) is 5.92 Å². The molecule has 24 heavy (non-hydrogen) atoms. The molecule has 0 aliphatic carbocycles. The molecule has 0 radical (unpaired) electrons. The minimum Gasteiger partial charge on any atom is -0.483 e. The van der Waals surface area contributed by atoms with Crippen LogP contribution in [0.1, 0.15) is 37.1 Å². The number of hydrogen-bond donors (Lipinski definition) is 1. The van der Waals surface area contributed by atoms with Crippen molar-refractivity contribution in [3.8, 4) is 0 Å². The van der Waals surface area contributed by atoms with Gasteiger partial charge in [0, 0.05) is 19.0 Å². The first-order chi connectivity index (χ1) is 11.7. The standard InChI is InChI=1S/C17H24N4.CH2O2/c1-15(13-20-10-5-6-11-20)17-18-14-19-21(17)12-9-16-7-3-2-4-8-16;2-1-3/h2-4,7-8,14-15H,5-6,9-13H2,1H3;1H,(H,2,3). The van der Waals surface area contributed by atoms with Gasteiger partial charge in [0.25, 0.3) is 6.47 Å². The summed E-state index contributed by atoms with van der Waals surface area (Å²) < 4.78 is 2.08. The maximum atomic E-state index is 8.36. The lowest BCUT2D eigenvalue weighted by Crippen LogP contribution is -2.26. The van der Waals surface area contributed by atoms with E-state index in [2.05, 4.69) is 56.9 Å². The van der Waals surface area contributed by atoms with Crippen molar-refractivity contribution in [2.45, 2.75) is 38.6 Å². The summed E-state index contributed by atoms with van der Waals surface area (Å²) in [4.78, 5) is 15.4. The second-order valence-electron chi connectivity index (χ2n) is 6.09. The summed E-state index contributed by atoms with van der Waals surface area (Å²) in [7, 11) is 0. The molecule has 1 saturated heterocycles. The largest absolute Gasteiger partial charge is 0.483 e. The smallest absolute Gasteiger partial charge is 0.290 e. The predicted octanol–water partition coefficient (Wildman–Crippen LogP) is 2.42. The number of aromatic nitrogens is 3. The van der Waals surface area contributed by atoms with E-state index in [1.54, 1.807) is 6.33 Å². The van der Waals surface area contributed by atoms with Crippen LogP contribution in [-0.2, 0) is 17.8 Å². The summed E-state index contributed by atoms with van der Waals surface area (Å²) >= 11 is 0. The lowest BCUT2D eigenvalue weighted by Gasteiger charge is -2.20. The van der Waals surface area contributed by atoms with E-state index in [9.17, 15) is 0 Å². The van der Waals surface area contributed by atoms with Crippen LogP contribution < -0.4 is 0 Å². The van der Waals surface area contributed by atoms with Gasteiger partial charge in [0.2, 0.25) is 0 Å². The first-order valence-electron chi connectivity index (χ1n) is 8.46. The molecule has 6 heteroatoms. The summed E-state index contributed by atoms with van der Waals surface area (Å²) in [5, 5.41) is 11.3. The van der Waals surface area contributed by atoms with E-state index in [-0.39, 0.29) is 6.47 Å². The highest BCUT2D eigenvalue weighted by Crippen LogP contribution is 2.17. The van der Waals surface area contributed by atoms with E-state index < -0.39 is 0 Å². The summed E-state index contributed by atoms with van der Waals surface area (Å²) in [6.07, 6.45) is 5.38. The normalized spacial score (nSPS) is 15.5. The van der Waals surface area contributed by atoms with Gasteiger partial charge in [-0.1, -0.05) is 37.3 Å². The average Bonchev–Trinajstić information content (AvgIpc) is 3.26. The van der Waals surface area contributed by atoms with Gasteiger partial charge in [-0.05, 0) is 37.9 Å². The van der Waals surface area contributed by atoms with E-state index in [1.165, 1.54) is 31.5 Å². The van der Waals surface area contributed by atoms with Crippen LogP contribution >= 0.6 is 0 Å². The van der Waals surface area contributed by atoms with Crippen molar-refractivity contribution in [2.24, 2.45) is 0 Å². The second-order valence-corrected chi connectivity index (χ2v) is 6.09. The lowest BCUT2D eigenvalue weighted by atomic mass is 10.1. The zero-order chi connectivity index (χ0) is 17.2. The van der Waals surface area contributed by atoms with E-state index >= 15 is 0 Å². The number of carbonyl (C=O) groups is 1. The first-order valence-corrected chi connectivity index (χ1v) is 8.46. The van der Waals surface area contributed by atoms with Crippen molar-refractivity contribution in [2.75, 3.05) is 19.6 Å². The fourth-order valence-electron chi connectivity index (χ4n) is 3.14. The predicted molar refractivity (Wildman–Crippen MR) is 92.9 cm³/mol. The molecule has 1 aliphatic heterocycles. The number of rotatable bonds is 6. The average molecular weight is 330 g/mol. The van der Waals surface area contributed by atoms with Gasteiger partial charge in [-0.25, -0.2) is 9.67 Å². The maximum absolute atomic E-state index is 8.36. The molecule has 1 aliphatic rings. The van der Waals surface area contributed by atoms with Crippen molar-refractivity contribution in [3.63, 3.8) is 0 Å². The lowest BCUT2D eigenvalue weighted by molar-refractivity contribution is -0.122. The summed E-state index contributed by atoms with van der Waals surface area (Å²) in [6, 6.07) is 10.6. The van der Waals surface area contributed by atoms with Crippen molar-refractivity contribution in [1.82, 2.24) is 19.7 Å². The molecule has 130 valence electrons. The van der Waals surface area contributed by atoms with Gasteiger partial charge in [-0.15, -0.1) is 0 Å². The fraction of sp³-hybridized carbons (Fsp3) is 0.500. The molecule has 0 bridgehead atoms. The molecular formula is C18H26N4O2. The number of likely N-dealkylation sites (tertiary alicyclic amines) is 1. The van der Waals surface area contributed by atoms with Gasteiger partial charge in [0.1, 0.15) is 12.2 Å². The van der Waals surface area contributed by atoms with Gasteiger partial charge in [0.15, 0.2) is 0 Å². The van der Waals surface area contributed by atoms with Crippen molar-refractivity contribution in [3.05, 3.63) is 48.0 Å². The Hall–Kier alpha value is -2.21. The molecule has 2 aromatic rings. The molecule has 3 rings (SSSR count). The molecule has 1 atom stereocenters. The Morgan fingerprint density at radius 3 is 2.58 bits per heavy atom. The molecule has 1 aromatic heterocycles. The van der Waals surface area contributed by atoms with Gasteiger partial charge in [-0.2, -0.15) is 5.10 Å². The van der Waals surface area contributed by atoms with Gasteiger partial charge in [0.05, 0.1) is 0 Å². The van der Waals surface area contributed by atoms with Crippen LogP contribution in [0.15, 0.2) is 36.7 Å². The molecule has 1 aromatic carbocycles. The number of carboxylic acid groups (broad SMARTS) is 1. The van der Waals surface area contributed by atoms with E-state index in [4.69, 9.17) is 9.90 Å². The number of hydrogen-bond acceptors (Lipinski definition) is 4. The van der Waals surface area contributed by atoms with Crippen LogP contribution in [0.2, 0.25) is 0 Å². The molecule has 0 saturated carbocycles. The Morgan fingerprint density at radius 2 is 1.92 bits per heavy atom. The van der Waals surface area contributed by atoms with Crippen molar-refractivity contribution >= 4 is 6.47 Å². The van der Waals surface area contributed by atoms with Crippen molar-refractivity contribution < 1.29 is 9.90 Å². The number of nitrogens with zero attached hydrogens (tertiary/aromatic N) is 4. The Balaban J connectivity index is 0.000000647. The first kappa shape index (κ1) is 18.1. The number of benzene rings is 1. The molecule has 0 spiro atoms. The second kappa shape index (κ2) is 9.82. The van der Waals surface area contributed by atoms with Crippen LogP contribution in [0.25, 0.3) is 0 Å². The third-order valence-electron chi connectivity index (χ3n) is 4.27. The zero-order valence-electron chi connectivity index (χ0n) is 14.2. The van der Waals surface area contributed by atoms with Crippen molar-refractivity contribution in [1.29, 1.82) is 0 Å². The fourth-order valence-corrected chi connectivity index (χ4v) is 3.14. The summed E-state index contributed by atoms with van der Waals surface area (Å²) in [5.74, 6) is 1.57. The van der Waals surface area contributed by atoms with E-state index in [1.807, 2.05) is 0 Å². The zero-order valence-corrected chi connectivity index (χ0v) is 14.2. The minimum atomic E-state index is -0.250. The monoisotopic (exact) mass is 330 g/mol. The minimum absolute atomic E-state index is 0.250. The highest BCUT2D eigenvalue weighted by Gasteiger charge is 2.19. The van der Waals surface area contributed by atoms with Crippen LogP contribution in [0.3, 0.4) is 0 Å². The molecular weight excluding hydrogens is 304 g/mol. The SMILES string of the molecule is CC(CN1CCCC1)c1ncnn1CCc1ccccc1.O=CO. The molecule has 2 heterocycles. The van der Waals surface area contributed by atoms with Gasteiger partial charge in [-0.3, -0.25) is 4.79 Å². The summed E-state index contributed by atoms with van der Waals surface area (Å²) in [6.45, 7) is 6.50. The molecule has 1 N–H and O–H groups in total. The Kier molecular flexibility index (Phi) is 7.42. The highest BCUT2D eigenvalue weighted by atomic mass is 16.3. The Labute approximate surface area is 143 Å². The topological polar surface area (TPSA) is 71.2 Å². The Bertz CT molecular complexity index is 594. The van der Waals surface area contributed by atoms with Gasteiger partial charge < -0.3 is 10.0 Å². The maximum Gasteiger partial charge on any atom is 0.290 e. The van der Waals surface area contributed by atoms with Crippen LogP contribution in [0, 0.1) is 0 Å². The quantitative estimate of drug-likeness (QED) is 0.824. The van der Waals surface area contributed by atoms with E-state index in [0.717, 1.165) is 25.3 Å². The summed E-state index contributed by atoms with van der Waals surface area (Å²) in [5.41, 5.74) is 1.35. The Morgan fingerprint density at radius 1 is 1.25 bits per heavy atom. The van der Waals surface area contributed by atoms with Crippen LogP contribution in [0.4, 0.5) is 0 Å². The van der Waals surface area contributed by atoms with Crippen LogP contribution in [-0.4, -0.2) is 50.9 Å². The molecule has 1 fully saturated rings. The molecule has 0 amide bonds. The molecule has 1 unspecified atom stereocenters. The van der Waals surface area contributed by atoms with Gasteiger partial charge >= 0.3 is 0 Å². The van der Waals surface area contributed by atoms with Crippen LogP contribution in [0.5, 0.6) is 0 Å². The highest BCUT2D eigenvalue weighted by molar-refractivity contribution is 5.32. The molecule has 6 nitrogen and oxygen atoms in total. The third-order valence-corrected chi connectivity index (χ3v) is 4.27. The number of aryl methyl sites for hydroxylation is 2.